The molecule has 0 heterocycles. The van der Waals surface area contributed by atoms with Crippen LogP contribution in [0, 0.1) is 0 Å². The molecule has 0 aromatic heterocycles. The van der Waals surface area contributed by atoms with E-state index < -0.39 is 19.8 Å². The standard InChI is InChI=1S/C11H15ClNO5P/c1-8(11(14)16-2)13-19(15,17-3)18-10-6-4-9(12)5-7-10/h4-8H,1-3H3,(H,13,15)/t8-,19?/m0/s1. The van der Waals surface area contributed by atoms with Crippen molar-refractivity contribution in [3.05, 3.63) is 29.3 Å². The Bertz CT molecular complexity index is 478. The number of hydrogen-bond donors (Lipinski definition) is 1. The van der Waals surface area contributed by atoms with Crippen LogP contribution in [-0.2, 0) is 18.6 Å². The average Bonchev–Trinajstić information content (AvgIpc) is 2.40. The SMILES string of the molecule is COC(=O)[C@H](C)NP(=O)(OC)Oc1ccc(Cl)cc1. The predicted molar refractivity (Wildman–Crippen MR) is 71.3 cm³/mol. The Morgan fingerprint density at radius 2 is 1.89 bits per heavy atom. The van der Waals surface area contributed by atoms with E-state index in [-0.39, 0.29) is 0 Å². The summed E-state index contributed by atoms with van der Waals surface area (Å²) in [5.41, 5.74) is 0. The molecule has 0 aliphatic carbocycles. The number of methoxy groups -OCH3 is 1. The smallest absolute Gasteiger partial charge is 0.459 e. The molecule has 106 valence electrons. The normalized spacial score (nSPS) is 15.4. The topological polar surface area (TPSA) is 73.9 Å². The van der Waals surface area contributed by atoms with Crippen LogP contribution >= 0.6 is 19.3 Å². The Labute approximate surface area is 116 Å². The lowest BCUT2D eigenvalue weighted by molar-refractivity contribution is -0.142. The van der Waals surface area contributed by atoms with Crippen molar-refractivity contribution in [1.29, 1.82) is 0 Å². The maximum absolute atomic E-state index is 12.3. The van der Waals surface area contributed by atoms with Gasteiger partial charge in [0.2, 0.25) is 0 Å². The summed E-state index contributed by atoms with van der Waals surface area (Å²) in [5.74, 6) is -0.267. The van der Waals surface area contributed by atoms with E-state index in [1.807, 2.05) is 0 Å². The van der Waals surface area contributed by atoms with Gasteiger partial charge < -0.3 is 9.26 Å². The largest absolute Gasteiger partial charge is 0.468 e. The third-order valence-electron chi connectivity index (χ3n) is 2.19. The number of carbonyl (C=O) groups is 1. The monoisotopic (exact) mass is 307 g/mol. The number of hydrogen-bond acceptors (Lipinski definition) is 5. The van der Waals surface area contributed by atoms with E-state index in [0.29, 0.717) is 10.8 Å². The molecule has 1 unspecified atom stereocenters. The second-order valence-corrected chi connectivity index (χ2v) is 5.84. The van der Waals surface area contributed by atoms with Crippen LogP contribution in [0.2, 0.25) is 5.02 Å². The average molecular weight is 308 g/mol. The molecule has 0 aliphatic heterocycles. The van der Waals surface area contributed by atoms with E-state index >= 15 is 0 Å². The van der Waals surface area contributed by atoms with Crippen molar-refractivity contribution >= 4 is 25.3 Å². The first-order chi connectivity index (χ1) is 8.90. The first-order valence-electron chi connectivity index (χ1n) is 5.37. The molecular formula is C11H15ClNO5P. The van der Waals surface area contributed by atoms with Gasteiger partial charge in [0.05, 0.1) is 7.11 Å². The predicted octanol–water partition coefficient (Wildman–Crippen LogP) is 2.62. The van der Waals surface area contributed by atoms with Gasteiger partial charge in [0.25, 0.3) is 0 Å². The van der Waals surface area contributed by atoms with Crippen molar-refractivity contribution in [3.8, 4) is 5.75 Å². The Morgan fingerprint density at radius 1 is 1.32 bits per heavy atom. The molecule has 8 heteroatoms. The number of ether oxygens (including phenoxy) is 1. The first-order valence-corrected chi connectivity index (χ1v) is 7.29. The van der Waals surface area contributed by atoms with Gasteiger partial charge in [0.1, 0.15) is 11.8 Å². The summed E-state index contributed by atoms with van der Waals surface area (Å²) in [7, 11) is -1.20. The van der Waals surface area contributed by atoms with Crippen LogP contribution in [0.3, 0.4) is 0 Å². The van der Waals surface area contributed by atoms with Crippen LogP contribution in [0.5, 0.6) is 5.75 Å². The summed E-state index contributed by atoms with van der Waals surface area (Å²) in [6.45, 7) is 1.49. The molecule has 0 radical (unpaired) electrons. The van der Waals surface area contributed by atoms with Crippen LogP contribution in [0.1, 0.15) is 6.92 Å². The van der Waals surface area contributed by atoms with Crippen molar-refractivity contribution in [2.75, 3.05) is 14.2 Å². The molecule has 1 aromatic rings. The first kappa shape index (κ1) is 16.0. The second kappa shape index (κ2) is 6.91. The number of carbonyl (C=O) groups excluding carboxylic acids is 1. The molecule has 0 spiro atoms. The molecule has 2 atom stereocenters. The van der Waals surface area contributed by atoms with Gasteiger partial charge in [0.15, 0.2) is 0 Å². The number of nitrogens with one attached hydrogen (secondary N) is 1. The number of halogens is 1. The number of rotatable bonds is 6. The molecule has 0 amide bonds. The van der Waals surface area contributed by atoms with E-state index in [1.165, 1.54) is 21.1 Å². The molecule has 1 rings (SSSR count). The lowest BCUT2D eigenvalue weighted by Gasteiger charge is -2.20. The van der Waals surface area contributed by atoms with Gasteiger partial charge in [-0.2, -0.15) is 5.09 Å². The lowest BCUT2D eigenvalue weighted by Crippen LogP contribution is -2.34. The molecule has 19 heavy (non-hydrogen) atoms. The molecule has 1 aromatic carbocycles. The zero-order chi connectivity index (χ0) is 14.5. The molecule has 6 nitrogen and oxygen atoms in total. The Hall–Kier alpha value is -1.07. The molecular weight excluding hydrogens is 293 g/mol. The lowest BCUT2D eigenvalue weighted by atomic mass is 10.3. The minimum atomic E-state index is -3.65. The Morgan fingerprint density at radius 3 is 2.37 bits per heavy atom. The highest BCUT2D eigenvalue weighted by molar-refractivity contribution is 7.52. The van der Waals surface area contributed by atoms with Crippen molar-refractivity contribution in [2.24, 2.45) is 0 Å². The van der Waals surface area contributed by atoms with Crippen LogP contribution in [0.25, 0.3) is 0 Å². The maximum Gasteiger partial charge on any atom is 0.459 e. The van der Waals surface area contributed by atoms with Crippen LogP contribution < -0.4 is 9.61 Å². The van der Waals surface area contributed by atoms with E-state index in [1.54, 1.807) is 24.3 Å². The quantitative estimate of drug-likeness (QED) is 0.643. The summed E-state index contributed by atoms with van der Waals surface area (Å²) in [5, 5.41) is 2.98. The van der Waals surface area contributed by atoms with Crippen molar-refractivity contribution in [3.63, 3.8) is 0 Å². The van der Waals surface area contributed by atoms with Gasteiger partial charge in [0, 0.05) is 12.1 Å². The van der Waals surface area contributed by atoms with Crippen LogP contribution in [0.15, 0.2) is 24.3 Å². The highest BCUT2D eigenvalue weighted by Crippen LogP contribution is 2.44. The third-order valence-corrected chi connectivity index (χ3v) is 4.07. The fraction of sp³-hybridized carbons (Fsp3) is 0.364. The van der Waals surface area contributed by atoms with E-state index in [0.717, 1.165) is 0 Å². The van der Waals surface area contributed by atoms with Gasteiger partial charge in [-0.05, 0) is 31.2 Å². The van der Waals surface area contributed by atoms with Gasteiger partial charge in [-0.15, -0.1) is 0 Å². The minimum Gasteiger partial charge on any atom is -0.468 e. The third kappa shape index (κ3) is 4.84. The second-order valence-electron chi connectivity index (χ2n) is 3.60. The molecule has 0 saturated heterocycles. The summed E-state index contributed by atoms with van der Waals surface area (Å²) in [6, 6.07) is 5.42. The zero-order valence-electron chi connectivity index (χ0n) is 10.8. The highest BCUT2D eigenvalue weighted by Gasteiger charge is 2.30. The van der Waals surface area contributed by atoms with Gasteiger partial charge in [-0.25, -0.2) is 4.57 Å². The minimum absolute atomic E-state index is 0.305. The van der Waals surface area contributed by atoms with Gasteiger partial charge >= 0.3 is 13.7 Å². The van der Waals surface area contributed by atoms with Crippen molar-refractivity contribution in [1.82, 2.24) is 5.09 Å². The Kier molecular flexibility index (Phi) is 5.82. The van der Waals surface area contributed by atoms with E-state index in [4.69, 9.17) is 20.6 Å². The fourth-order valence-electron chi connectivity index (χ4n) is 1.22. The van der Waals surface area contributed by atoms with Crippen molar-refractivity contribution in [2.45, 2.75) is 13.0 Å². The zero-order valence-corrected chi connectivity index (χ0v) is 12.4. The molecule has 0 fully saturated rings. The van der Waals surface area contributed by atoms with Crippen LogP contribution in [-0.4, -0.2) is 26.2 Å². The van der Waals surface area contributed by atoms with Crippen LogP contribution in [0.4, 0.5) is 0 Å². The summed E-state index contributed by atoms with van der Waals surface area (Å²) >= 11 is 5.73. The molecule has 0 bridgehead atoms. The Balaban J connectivity index is 2.77. The summed E-state index contributed by atoms with van der Waals surface area (Å²) in [6.07, 6.45) is 0. The highest BCUT2D eigenvalue weighted by atomic mass is 35.5. The van der Waals surface area contributed by atoms with E-state index in [2.05, 4.69) is 9.82 Å². The van der Waals surface area contributed by atoms with Gasteiger partial charge in [-0.1, -0.05) is 11.6 Å². The van der Waals surface area contributed by atoms with E-state index in [9.17, 15) is 9.36 Å². The van der Waals surface area contributed by atoms with Crippen molar-refractivity contribution < 1.29 is 23.1 Å². The number of benzene rings is 1. The molecule has 1 N–H and O–H groups in total. The summed E-state index contributed by atoms with van der Waals surface area (Å²) in [4.78, 5) is 11.3. The number of esters is 1. The molecule has 0 saturated carbocycles. The van der Waals surface area contributed by atoms with Gasteiger partial charge in [-0.3, -0.25) is 9.32 Å². The molecule has 0 aliphatic rings. The maximum atomic E-state index is 12.3. The summed E-state index contributed by atoms with van der Waals surface area (Å²) < 4.78 is 26.8. The fourth-order valence-corrected chi connectivity index (χ4v) is 2.55.